The van der Waals surface area contributed by atoms with Crippen LogP contribution in [0.25, 0.3) is 0 Å². The van der Waals surface area contributed by atoms with Gasteiger partial charge in [0.1, 0.15) is 11.5 Å². The lowest BCUT2D eigenvalue weighted by molar-refractivity contribution is -0.128. The summed E-state index contributed by atoms with van der Waals surface area (Å²) in [4.78, 5) is 23.6. The summed E-state index contributed by atoms with van der Waals surface area (Å²) >= 11 is 0. The molecule has 0 aliphatic carbocycles. The molecule has 0 aromatic heterocycles. The zero-order valence-corrected chi connectivity index (χ0v) is 15.9. The van der Waals surface area contributed by atoms with Crippen molar-refractivity contribution in [2.45, 2.75) is 40.0 Å². The second-order valence-electron chi connectivity index (χ2n) is 6.89. The maximum absolute atomic E-state index is 11.9. The largest absolute Gasteiger partial charge is 0.497 e. The molecule has 0 aliphatic heterocycles. The number of amides is 2. The molecule has 0 aliphatic rings. The molecular weight excluding hydrogens is 320 g/mol. The van der Waals surface area contributed by atoms with Gasteiger partial charge in [-0.25, -0.2) is 0 Å². The maximum atomic E-state index is 11.9. The number of rotatable bonds is 9. The van der Waals surface area contributed by atoms with Crippen LogP contribution in [-0.2, 0) is 16.0 Å². The molecule has 1 aromatic rings. The summed E-state index contributed by atoms with van der Waals surface area (Å²) in [5.41, 5.74) is 0.581. The Morgan fingerprint density at radius 2 is 1.76 bits per heavy atom. The van der Waals surface area contributed by atoms with Crippen LogP contribution in [0.4, 0.5) is 0 Å². The second kappa shape index (κ2) is 9.91. The maximum Gasteiger partial charge on any atom is 0.225 e. The van der Waals surface area contributed by atoms with Gasteiger partial charge in [-0.15, -0.1) is 0 Å². The fourth-order valence-corrected chi connectivity index (χ4v) is 2.22. The van der Waals surface area contributed by atoms with Crippen LogP contribution in [-0.4, -0.2) is 39.1 Å². The highest BCUT2D eigenvalue weighted by molar-refractivity contribution is 5.81. The van der Waals surface area contributed by atoms with E-state index in [1.54, 1.807) is 14.2 Å². The molecule has 0 bridgehead atoms. The predicted molar refractivity (Wildman–Crippen MR) is 98.0 cm³/mol. The highest BCUT2D eigenvalue weighted by atomic mass is 16.5. The Morgan fingerprint density at radius 1 is 1.04 bits per heavy atom. The Bertz CT molecular complexity index is 579. The molecule has 1 rings (SSSR count). The van der Waals surface area contributed by atoms with Crippen LogP contribution < -0.4 is 20.1 Å². The fraction of sp³-hybridized carbons (Fsp3) is 0.579. The molecule has 1 aromatic carbocycles. The van der Waals surface area contributed by atoms with Crippen molar-refractivity contribution in [3.63, 3.8) is 0 Å². The number of hydrogen-bond acceptors (Lipinski definition) is 4. The molecular formula is C19H30N2O4. The van der Waals surface area contributed by atoms with E-state index in [1.807, 2.05) is 39.0 Å². The van der Waals surface area contributed by atoms with E-state index in [9.17, 15) is 9.59 Å². The Morgan fingerprint density at radius 3 is 2.36 bits per heavy atom. The summed E-state index contributed by atoms with van der Waals surface area (Å²) in [5.74, 6) is 1.52. The molecule has 0 spiro atoms. The van der Waals surface area contributed by atoms with E-state index in [0.717, 1.165) is 17.1 Å². The molecule has 2 amide bonds. The van der Waals surface area contributed by atoms with Crippen LogP contribution in [0.2, 0.25) is 0 Å². The van der Waals surface area contributed by atoms with Crippen molar-refractivity contribution in [1.82, 2.24) is 10.6 Å². The summed E-state index contributed by atoms with van der Waals surface area (Å²) in [5, 5.41) is 5.73. The van der Waals surface area contributed by atoms with E-state index in [-0.39, 0.29) is 11.8 Å². The van der Waals surface area contributed by atoms with Gasteiger partial charge in [-0.1, -0.05) is 20.8 Å². The van der Waals surface area contributed by atoms with Crippen LogP contribution in [0.5, 0.6) is 11.5 Å². The molecule has 0 heterocycles. The highest BCUT2D eigenvalue weighted by Gasteiger charge is 2.20. The molecule has 0 radical (unpaired) electrons. The van der Waals surface area contributed by atoms with Crippen LogP contribution >= 0.6 is 0 Å². The molecule has 0 atom stereocenters. The Hall–Kier alpha value is -2.24. The first kappa shape index (κ1) is 20.8. The predicted octanol–water partition coefficient (Wildman–Crippen LogP) is 2.30. The third kappa shape index (κ3) is 7.45. The molecule has 2 N–H and O–H groups in total. The summed E-state index contributed by atoms with van der Waals surface area (Å²) in [6.07, 6.45) is 1.67. The molecule has 0 saturated carbocycles. The Kier molecular flexibility index (Phi) is 8.25. The zero-order valence-electron chi connectivity index (χ0n) is 15.9. The van der Waals surface area contributed by atoms with E-state index in [2.05, 4.69) is 10.6 Å². The Balaban J connectivity index is 2.30. The lowest BCUT2D eigenvalue weighted by Crippen LogP contribution is -2.35. The Labute approximate surface area is 150 Å². The minimum absolute atomic E-state index is 0.00183. The van der Waals surface area contributed by atoms with Gasteiger partial charge < -0.3 is 20.1 Å². The summed E-state index contributed by atoms with van der Waals surface area (Å²) in [6.45, 7) is 6.62. The monoisotopic (exact) mass is 350 g/mol. The van der Waals surface area contributed by atoms with Crippen molar-refractivity contribution >= 4 is 11.8 Å². The smallest absolute Gasteiger partial charge is 0.225 e. The quantitative estimate of drug-likeness (QED) is 0.670. The number of methoxy groups -OCH3 is 2. The molecule has 0 saturated heterocycles. The van der Waals surface area contributed by atoms with Crippen LogP contribution in [0.3, 0.4) is 0 Å². The molecule has 6 nitrogen and oxygen atoms in total. The number of benzene rings is 1. The molecule has 0 unspecified atom stereocenters. The minimum Gasteiger partial charge on any atom is -0.497 e. The van der Waals surface area contributed by atoms with E-state index in [4.69, 9.17) is 9.47 Å². The first-order valence-electron chi connectivity index (χ1n) is 8.54. The summed E-state index contributed by atoms with van der Waals surface area (Å²) < 4.78 is 10.5. The van der Waals surface area contributed by atoms with Gasteiger partial charge in [0, 0.05) is 24.9 Å². The van der Waals surface area contributed by atoms with Gasteiger partial charge >= 0.3 is 0 Å². The van der Waals surface area contributed by atoms with Gasteiger partial charge in [0.25, 0.3) is 0 Å². The highest BCUT2D eigenvalue weighted by Crippen LogP contribution is 2.24. The van der Waals surface area contributed by atoms with Gasteiger partial charge in [0.2, 0.25) is 11.8 Å². The van der Waals surface area contributed by atoms with Crippen LogP contribution in [0.15, 0.2) is 18.2 Å². The standard InChI is InChI=1S/C19H30N2O4/c1-19(2,3)18(23)21-11-6-7-17(22)20-12-10-14-13-15(24-4)8-9-16(14)25-5/h8-9,13H,6-7,10-12H2,1-5H3,(H,20,22)(H,21,23). The molecule has 6 heteroatoms. The SMILES string of the molecule is COc1ccc(OC)c(CCNC(=O)CCCNC(=O)C(C)(C)C)c1. The number of carbonyl (C=O) groups is 2. The van der Waals surface area contributed by atoms with Crippen molar-refractivity contribution in [3.8, 4) is 11.5 Å². The van der Waals surface area contributed by atoms with E-state index in [1.165, 1.54) is 0 Å². The lowest BCUT2D eigenvalue weighted by Gasteiger charge is -2.17. The van der Waals surface area contributed by atoms with E-state index >= 15 is 0 Å². The summed E-state index contributed by atoms with van der Waals surface area (Å²) in [6, 6.07) is 5.60. The number of ether oxygens (including phenoxy) is 2. The minimum atomic E-state index is -0.405. The van der Waals surface area contributed by atoms with Gasteiger partial charge in [-0.3, -0.25) is 9.59 Å². The van der Waals surface area contributed by atoms with Crippen molar-refractivity contribution in [2.75, 3.05) is 27.3 Å². The van der Waals surface area contributed by atoms with Gasteiger partial charge in [-0.05, 0) is 36.6 Å². The van der Waals surface area contributed by atoms with E-state index < -0.39 is 5.41 Å². The number of nitrogens with one attached hydrogen (secondary N) is 2. The zero-order chi connectivity index (χ0) is 18.9. The third-order valence-corrected chi connectivity index (χ3v) is 3.75. The van der Waals surface area contributed by atoms with Gasteiger partial charge in [0.15, 0.2) is 0 Å². The normalized spacial score (nSPS) is 10.9. The molecule has 0 fully saturated rings. The lowest BCUT2D eigenvalue weighted by atomic mass is 9.96. The van der Waals surface area contributed by atoms with Crippen molar-refractivity contribution in [1.29, 1.82) is 0 Å². The third-order valence-electron chi connectivity index (χ3n) is 3.75. The second-order valence-corrected chi connectivity index (χ2v) is 6.89. The van der Waals surface area contributed by atoms with Crippen molar-refractivity contribution in [2.24, 2.45) is 5.41 Å². The summed E-state index contributed by atoms with van der Waals surface area (Å²) in [7, 11) is 3.24. The van der Waals surface area contributed by atoms with Crippen LogP contribution in [0.1, 0.15) is 39.2 Å². The van der Waals surface area contributed by atoms with Crippen molar-refractivity contribution < 1.29 is 19.1 Å². The van der Waals surface area contributed by atoms with E-state index in [0.29, 0.717) is 32.4 Å². The number of hydrogen-bond donors (Lipinski definition) is 2. The van der Waals surface area contributed by atoms with Crippen LogP contribution in [0, 0.1) is 5.41 Å². The fourth-order valence-electron chi connectivity index (χ4n) is 2.22. The topological polar surface area (TPSA) is 76.7 Å². The first-order valence-corrected chi connectivity index (χ1v) is 8.54. The first-order chi connectivity index (χ1) is 11.8. The molecule has 25 heavy (non-hydrogen) atoms. The average molecular weight is 350 g/mol. The number of carbonyl (C=O) groups excluding carboxylic acids is 2. The average Bonchev–Trinajstić information content (AvgIpc) is 2.57. The van der Waals surface area contributed by atoms with Gasteiger partial charge in [-0.2, -0.15) is 0 Å². The van der Waals surface area contributed by atoms with Gasteiger partial charge in [0.05, 0.1) is 14.2 Å². The van der Waals surface area contributed by atoms with Crippen molar-refractivity contribution in [3.05, 3.63) is 23.8 Å². The molecule has 140 valence electrons.